The molecule has 6 heteroatoms. The standard InChI is InChI=1S/C11H15N3O2S/c1-2-4-9-8(7-12)10(16)14-11(13-9)17-6-3-5-15/h15H,2-6H2,1H3,(H,13,14,16). The minimum Gasteiger partial charge on any atom is -0.396 e. The van der Waals surface area contributed by atoms with Crippen LogP contribution in [0.15, 0.2) is 9.95 Å². The first-order valence-corrected chi connectivity index (χ1v) is 6.48. The van der Waals surface area contributed by atoms with Crippen LogP contribution in [0.3, 0.4) is 0 Å². The quantitative estimate of drug-likeness (QED) is 0.449. The van der Waals surface area contributed by atoms with Gasteiger partial charge in [-0.15, -0.1) is 0 Å². The Morgan fingerprint density at radius 1 is 1.59 bits per heavy atom. The zero-order valence-corrected chi connectivity index (χ0v) is 10.5. The third-order valence-corrected chi connectivity index (χ3v) is 3.07. The Kier molecular flexibility index (Phi) is 5.73. The minimum absolute atomic E-state index is 0.110. The van der Waals surface area contributed by atoms with E-state index in [1.807, 2.05) is 13.0 Å². The first-order valence-electron chi connectivity index (χ1n) is 5.49. The first kappa shape index (κ1) is 13.7. The number of thioether (sulfide) groups is 1. The molecule has 0 radical (unpaired) electrons. The van der Waals surface area contributed by atoms with Crippen molar-refractivity contribution in [2.24, 2.45) is 0 Å². The number of aromatic nitrogens is 2. The van der Waals surface area contributed by atoms with Crippen LogP contribution in [0.1, 0.15) is 31.0 Å². The summed E-state index contributed by atoms with van der Waals surface area (Å²) in [7, 11) is 0. The van der Waals surface area contributed by atoms with E-state index in [4.69, 9.17) is 10.4 Å². The van der Waals surface area contributed by atoms with Crippen molar-refractivity contribution in [1.29, 1.82) is 5.26 Å². The molecule has 0 saturated heterocycles. The molecule has 1 aromatic rings. The van der Waals surface area contributed by atoms with Crippen molar-refractivity contribution in [3.63, 3.8) is 0 Å². The molecule has 0 bridgehead atoms. The fourth-order valence-corrected chi connectivity index (χ4v) is 2.14. The molecule has 0 spiro atoms. The summed E-state index contributed by atoms with van der Waals surface area (Å²) < 4.78 is 0. The Morgan fingerprint density at radius 3 is 2.94 bits per heavy atom. The number of aliphatic hydroxyl groups is 1. The van der Waals surface area contributed by atoms with Crippen molar-refractivity contribution >= 4 is 11.8 Å². The molecule has 5 nitrogen and oxygen atoms in total. The van der Waals surface area contributed by atoms with Crippen molar-refractivity contribution in [2.75, 3.05) is 12.4 Å². The predicted octanol–water partition coefficient (Wildman–Crippen LogP) is 1.07. The third-order valence-electron chi connectivity index (χ3n) is 2.11. The maximum Gasteiger partial charge on any atom is 0.269 e. The molecule has 0 fully saturated rings. The third kappa shape index (κ3) is 3.88. The van der Waals surface area contributed by atoms with Crippen LogP contribution in [0.4, 0.5) is 0 Å². The summed E-state index contributed by atoms with van der Waals surface area (Å²) in [5.74, 6) is 0.691. The van der Waals surface area contributed by atoms with E-state index in [-0.39, 0.29) is 17.7 Å². The largest absolute Gasteiger partial charge is 0.396 e. The molecule has 1 aromatic heterocycles. The van der Waals surface area contributed by atoms with Crippen molar-refractivity contribution in [3.05, 3.63) is 21.6 Å². The van der Waals surface area contributed by atoms with Crippen molar-refractivity contribution < 1.29 is 5.11 Å². The van der Waals surface area contributed by atoms with Gasteiger partial charge in [-0.2, -0.15) is 5.26 Å². The molecule has 1 rings (SSSR count). The summed E-state index contributed by atoms with van der Waals surface area (Å²) in [6.07, 6.45) is 2.11. The molecule has 0 amide bonds. The van der Waals surface area contributed by atoms with Gasteiger partial charge in [0.15, 0.2) is 5.16 Å². The fourth-order valence-electron chi connectivity index (χ4n) is 1.33. The van der Waals surface area contributed by atoms with Gasteiger partial charge in [0, 0.05) is 12.4 Å². The zero-order valence-electron chi connectivity index (χ0n) is 9.69. The SMILES string of the molecule is CCCc1nc(SCCCO)[nH]c(=O)c1C#N. The lowest BCUT2D eigenvalue weighted by Gasteiger charge is -2.04. The number of hydrogen-bond donors (Lipinski definition) is 2. The highest BCUT2D eigenvalue weighted by atomic mass is 32.2. The highest BCUT2D eigenvalue weighted by Gasteiger charge is 2.10. The number of nitrogens with one attached hydrogen (secondary N) is 1. The number of nitrogens with zero attached hydrogens (tertiary/aromatic N) is 2. The molecule has 0 aromatic carbocycles. The maximum absolute atomic E-state index is 11.6. The van der Waals surface area contributed by atoms with Gasteiger partial charge in [0.2, 0.25) is 0 Å². The summed E-state index contributed by atoms with van der Waals surface area (Å²) >= 11 is 1.38. The fraction of sp³-hybridized carbons (Fsp3) is 0.545. The van der Waals surface area contributed by atoms with E-state index in [1.54, 1.807) is 0 Å². The summed E-state index contributed by atoms with van der Waals surface area (Å²) in [5, 5.41) is 18.1. The molecule has 0 unspecified atom stereocenters. The van der Waals surface area contributed by atoms with E-state index in [1.165, 1.54) is 11.8 Å². The maximum atomic E-state index is 11.6. The molecule has 92 valence electrons. The Bertz CT molecular complexity index is 465. The van der Waals surface area contributed by atoms with Crippen LogP contribution < -0.4 is 5.56 Å². The van der Waals surface area contributed by atoms with Crippen LogP contribution in [0.2, 0.25) is 0 Å². The van der Waals surface area contributed by atoms with E-state index in [0.717, 1.165) is 6.42 Å². The molecule has 2 N–H and O–H groups in total. The van der Waals surface area contributed by atoms with E-state index < -0.39 is 0 Å². The molecule has 0 aliphatic heterocycles. The summed E-state index contributed by atoms with van der Waals surface area (Å²) in [6.45, 7) is 2.10. The van der Waals surface area contributed by atoms with Gasteiger partial charge in [0.1, 0.15) is 11.6 Å². The smallest absolute Gasteiger partial charge is 0.269 e. The van der Waals surface area contributed by atoms with Crippen LogP contribution in [0, 0.1) is 11.3 Å². The van der Waals surface area contributed by atoms with Gasteiger partial charge in [0.25, 0.3) is 5.56 Å². The second-order valence-corrected chi connectivity index (χ2v) is 4.56. The molecule has 17 heavy (non-hydrogen) atoms. The topological polar surface area (TPSA) is 89.8 Å². The van der Waals surface area contributed by atoms with Gasteiger partial charge in [-0.1, -0.05) is 25.1 Å². The van der Waals surface area contributed by atoms with Gasteiger partial charge in [-0.05, 0) is 12.8 Å². The van der Waals surface area contributed by atoms with Gasteiger partial charge < -0.3 is 10.1 Å². The lowest BCUT2D eigenvalue weighted by molar-refractivity contribution is 0.296. The van der Waals surface area contributed by atoms with Crippen LogP contribution in [0.25, 0.3) is 0 Å². The Hall–Kier alpha value is -1.32. The molecule has 0 aliphatic carbocycles. The van der Waals surface area contributed by atoms with Gasteiger partial charge in [0.05, 0.1) is 5.69 Å². The van der Waals surface area contributed by atoms with Gasteiger partial charge >= 0.3 is 0 Å². The minimum atomic E-state index is -0.377. The summed E-state index contributed by atoms with van der Waals surface area (Å²) in [4.78, 5) is 18.5. The van der Waals surface area contributed by atoms with Crippen LogP contribution in [0.5, 0.6) is 0 Å². The lowest BCUT2D eigenvalue weighted by Crippen LogP contribution is -2.16. The second kappa shape index (κ2) is 7.09. The van der Waals surface area contributed by atoms with Crippen LogP contribution >= 0.6 is 11.8 Å². The molecule has 1 heterocycles. The second-order valence-electron chi connectivity index (χ2n) is 3.48. The lowest BCUT2D eigenvalue weighted by atomic mass is 10.1. The molecule has 0 aliphatic rings. The number of aromatic amines is 1. The van der Waals surface area contributed by atoms with Crippen molar-refractivity contribution in [2.45, 2.75) is 31.3 Å². The van der Waals surface area contributed by atoms with Crippen LogP contribution in [-0.4, -0.2) is 27.4 Å². The average Bonchev–Trinajstić information content (AvgIpc) is 2.30. The summed E-state index contributed by atoms with van der Waals surface area (Å²) in [6, 6.07) is 1.89. The van der Waals surface area contributed by atoms with Crippen molar-refractivity contribution in [3.8, 4) is 6.07 Å². The van der Waals surface area contributed by atoms with Gasteiger partial charge in [-0.25, -0.2) is 4.98 Å². The monoisotopic (exact) mass is 253 g/mol. The molecule has 0 atom stereocenters. The number of aliphatic hydroxyl groups excluding tert-OH is 1. The number of hydrogen-bond acceptors (Lipinski definition) is 5. The number of rotatable bonds is 6. The van der Waals surface area contributed by atoms with Gasteiger partial charge in [-0.3, -0.25) is 4.79 Å². The Balaban J connectivity index is 2.95. The highest BCUT2D eigenvalue weighted by molar-refractivity contribution is 7.99. The molecular weight excluding hydrogens is 238 g/mol. The Labute approximate surface area is 104 Å². The average molecular weight is 253 g/mol. The first-order chi connectivity index (χ1) is 8.22. The number of H-pyrrole nitrogens is 1. The van der Waals surface area contributed by atoms with Crippen molar-refractivity contribution in [1.82, 2.24) is 9.97 Å². The zero-order chi connectivity index (χ0) is 12.7. The van der Waals surface area contributed by atoms with E-state index >= 15 is 0 Å². The van der Waals surface area contributed by atoms with Crippen LogP contribution in [-0.2, 0) is 6.42 Å². The highest BCUT2D eigenvalue weighted by Crippen LogP contribution is 2.14. The predicted molar refractivity (Wildman–Crippen MR) is 66.0 cm³/mol. The molecule has 0 saturated carbocycles. The summed E-state index contributed by atoms with van der Waals surface area (Å²) in [5.41, 5.74) is 0.293. The van der Waals surface area contributed by atoms with E-state index in [2.05, 4.69) is 9.97 Å². The number of nitriles is 1. The normalized spacial score (nSPS) is 10.2. The van der Waals surface area contributed by atoms with E-state index in [9.17, 15) is 4.79 Å². The molecular formula is C11H15N3O2S. The number of aryl methyl sites for hydroxylation is 1. The van der Waals surface area contributed by atoms with E-state index in [0.29, 0.717) is 29.4 Å². The Morgan fingerprint density at radius 2 is 2.35 bits per heavy atom.